The highest BCUT2D eigenvalue weighted by atomic mass is 16.5. The van der Waals surface area contributed by atoms with Crippen LogP contribution in [0.5, 0.6) is 0 Å². The summed E-state index contributed by atoms with van der Waals surface area (Å²) in [7, 11) is 0. The lowest BCUT2D eigenvalue weighted by Gasteiger charge is -2.17. The van der Waals surface area contributed by atoms with Gasteiger partial charge < -0.3 is 4.74 Å². The monoisotopic (exact) mass is 354 g/mol. The van der Waals surface area contributed by atoms with Crippen LogP contribution >= 0.6 is 0 Å². The summed E-state index contributed by atoms with van der Waals surface area (Å²) >= 11 is 0. The number of rotatable bonds is 18. The molecule has 0 saturated heterocycles. The van der Waals surface area contributed by atoms with E-state index in [1.54, 1.807) is 0 Å². The van der Waals surface area contributed by atoms with E-state index in [0.717, 1.165) is 0 Å². The third-order valence-electron chi connectivity index (χ3n) is 4.99. The summed E-state index contributed by atoms with van der Waals surface area (Å²) in [4.78, 5) is 11.8. The maximum Gasteiger partial charge on any atom is 0.306 e. The summed E-state index contributed by atoms with van der Waals surface area (Å²) in [5.74, 6) is 0.961. The minimum absolute atomic E-state index is 0.00843. The van der Waals surface area contributed by atoms with Crippen molar-refractivity contribution in [2.24, 2.45) is 11.8 Å². The van der Waals surface area contributed by atoms with Crippen LogP contribution in [-0.4, -0.2) is 12.6 Å². The second kappa shape index (κ2) is 18.3. The lowest BCUT2D eigenvalue weighted by atomic mass is 9.94. The maximum absolute atomic E-state index is 11.8. The molecule has 0 unspecified atom stereocenters. The molecule has 0 saturated carbocycles. The molecule has 0 radical (unpaired) electrons. The Bertz CT molecular complexity index is 270. The molecule has 0 aromatic carbocycles. The summed E-state index contributed by atoms with van der Waals surface area (Å²) in [5, 5.41) is 0. The van der Waals surface area contributed by atoms with Crippen molar-refractivity contribution < 1.29 is 9.53 Å². The number of carbonyl (C=O) groups excluding carboxylic acids is 1. The molecule has 2 nitrogen and oxygen atoms in total. The molecular weight excluding hydrogens is 308 g/mol. The molecule has 0 aliphatic rings. The van der Waals surface area contributed by atoms with Crippen molar-refractivity contribution >= 4 is 5.97 Å². The van der Waals surface area contributed by atoms with Crippen molar-refractivity contribution in [3.8, 4) is 0 Å². The van der Waals surface area contributed by atoms with E-state index in [1.165, 1.54) is 89.9 Å². The number of hydrogen-bond acceptors (Lipinski definition) is 2. The Labute approximate surface area is 158 Å². The summed E-state index contributed by atoms with van der Waals surface area (Å²) in [6, 6.07) is 0. The fraction of sp³-hybridized carbons (Fsp3) is 0.957. The van der Waals surface area contributed by atoms with E-state index in [2.05, 4.69) is 27.7 Å². The Kier molecular flexibility index (Phi) is 17.9. The fourth-order valence-electron chi connectivity index (χ4n) is 3.34. The van der Waals surface area contributed by atoms with E-state index in [0.29, 0.717) is 24.9 Å². The molecular formula is C23H46O2. The molecule has 150 valence electrons. The van der Waals surface area contributed by atoms with Crippen LogP contribution in [0.2, 0.25) is 0 Å². The third-order valence-corrected chi connectivity index (χ3v) is 4.99. The van der Waals surface area contributed by atoms with E-state index < -0.39 is 0 Å². The molecule has 0 fully saturated rings. The average Bonchev–Trinajstić information content (AvgIpc) is 2.57. The Morgan fingerprint density at radius 2 is 1.16 bits per heavy atom. The van der Waals surface area contributed by atoms with Gasteiger partial charge in [-0.05, 0) is 24.7 Å². The number of ether oxygens (including phenoxy) is 1. The van der Waals surface area contributed by atoms with Gasteiger partial charge in [-0.2, -0.15) is 0 Å². The summed E-state index contributed by atoms with van der Waals surface area (Å²) in [5.41, 5.74) is 0. The van der Waals surface area contributed by atoms with Crippen molar-refractivity contribution in [1.82, 2.24) is 0 Å². The van der Waals surface area contributed by atoms with Crippen molar-refractivity contribution in [1.29, 1.82) is 0 Å². The van der Waals surface area contributed by atoms with Gasteiger partial charge in [-0.25, -0.2) is 0 Å². The van der Waals surface area contributed by atoms with Crippen LogP contribution in [0.4, 0.5) is 0 Å². The molecule has 0 rings (SSSR count). The quantitative estimate of drug-likeness (QED) is 0.186. The largest absolute Gasteiger partial charge is 0.465 e. The molecule has 25 heavy (non-hydrogen) atoms. The Hall–Kier alpha value is -0.530. The highest BCUT2D eigenvalue weighted by Crippen LogP contribution is 2.20. The predicted molar refractivity (Wildman–Crippen MR) is 110 cm³/mol. The zero-order valence-corrected chi connectivity index (χ0v) is 17.8. The maximum atomic E-state index is 11.8. The highest BCUT2D eigenvalue weighted by molar-refractivity contribution is 5.69. The van der Waals surface area contributed by atoms with Crippen LogP contribution in [0.3, 0.4) is 0 Å². The molecule has 0 amide bonds. The highest BCUT2D eigenvalue weighted by Gasteiger charge is 2.13. The van der Waals surface area contributed by atoms with Crippen LogP contribution in [0.25, 0.3) is 0 Å². The number of unbranched alkanes of at least 4 members (excludes halogenated alkanes) is 10. The van der Waals surface area contributed by atoms with Gasteiger partial charge in [0.15, 0.2) is 0 Å². The molecule has 0 aliphatic carbocycles. The van der Waals surface area contributed by atoms with Crippen molar-refractivity contribution in [2.45, 2.75) is 124 Å². The molecule has 0 atom stereocenters. The Morgan fingerprint density at radius 3 is 1.60 bits per heavy atom. The molecule has 0 bridgehead atoms. The summed E-state index contributed by atoms with van der Waals surface area (Å²) < 4.78 is 5.57. The average molecular weight is 355 g/mol. The predicted octanol–water partition coefficient (Wildman–Crippen LogP) is 7.69. The van der Waals surface area contributed by atoms with Gasteiger partial charge in [-0.3, -0.25) is 4.79 Å². The van der Waals surface area contributed by atoms with Crippen molar-refractivity contribution in [3.05, 3.63) is 0 Å². The first-order chi connectivity index (χ1) is 12.1. The summed E-state index contributed by atoms with van der Waals surface area (Å²) in [6.07, 6.45) is 19.1. The smallest absolute Gasteiger partial charge is 0.306 e. The molecule has 0 aromatic rings. The Morgan fingerprint density at radius 1 is 0.720 bits per heavy atom. The van der Waals surface area contributed by atoms with Gasteiger partial charge in [0.25, 0.3) is 0 Å². The van der Waals surface area contributed by atoms with Gasteiger partial charge in [0.1, 0.15) is 0 Å². The standard InChI is InChI=1S/C23H46O2/c1-5-7-9-11-13-15-17-22(18-16-14-12-10-8-6-2)20-25-23(24)19-21(3)4/h21-22H,5-20H2,1-4H3. The van der Waals surface area contributed by atoms with Gasteiger partial charge in [0.2, 0.25) is 0 Å². The fourth-order valence-corrected chi connectivity index (χ4v) is 3.34. The van der Waals surface area contributed by atoms with Gasteiger partial charge in [-0.1, -0.05) is 105 Å². The van der Waals surface area contributed by atoms with E-state index in [9.17, 15) is 4.79 Å². The van der Waals surface area contributed by atoms with Crippen LogP contribution in [0.15, 0.2) is 0 Å². The van der Waals surface area contributed by atoms with Crippen LogP contribution in [0.1, 0.15) is 124 Å². The second-order valence-corrected chi connectivity index (χ2v) is 8.26. The minimum Gasteiger partial charge on any atom is -0.465 e. The zero-order chi connectivity index (χ0) is 18.8. The molecule has 0 aliphatic heterocycles. The van der Waals surface area contributed by atoms with Crippen molar-refractivity contribution in [2.75, 3.05) is 6.61 Å². The minimum atomic E-state index is -0.00843. The van der Waals surface area contributed by atoms with E-state index in [1.807, 2.05) is 0 Å². The number of carbonyl (C=O) groups is 1. The van der Waals surface area contributed by atoms with Crippen molar-refractivity contribution in [3.63, 3.8) is 0 Å². The molecule has 0 aromatic heterocycles. The second-order valence-electron chi connectivity index (χ2n) is 8.26. The molecule has 0 spiro atoms. The zero-order valence-electron chi connectivity index (χ0n) is 17.8. The van der Waals surface area contributed by atoms with Crippen LogP contribution in [-0.2, 0) is 9.53 Å². The topological polar surface area (TPSA) is 26.3 Å². The normalized spacial score (nSPS) is 11.4. The van der Waals surface area contributed by atoms with E-state index in [-0.39, 0.29) is 5.97 Å². The number of esters is 1. The molecule has 0 N–H and O–H groups in total. The SMILES string of the molecule is CCCCCCCCC(CCCCCCCC)COC(=O)CC(C)C. The van der Waals surface area contributed by atoms with Gasteiger partial charge in [-0.15, -0.1) is 0 Å². The van der Waals surface area contributed by atoms with Crippen LogP contribution < -0.4 is 0 Å². The first-order valence-corrected chi connectivity index (χ1v) is 11.3. The lowest BCUT2D eigenvalue weighted by molar-refractivity contribution is -0.146. The summed E-state index contributed by atoms with van der Waals surface area (Å²) in [6.45, 7) is 9.33. The first kappa shape index (κ1) is 24.5. The van der Waals surface area contributed by atoms with E-state index >= 15 is 0 Å². The van der Waals surface area contributed by atoms with E-state index in [4.69, 9.17) is 4.74 Å². The Balaban J connectivity index is 3.97. The molecule has 2 heteroatoms. The molecule has 0 heterocycles. The van der Waals surface area contributed by atoms with Gasteiger partial charge in [0, 0.05) is 6.42 Å². The third kappa shape index (κ3) is 18.1. The number of hydrogen-bond donors (Lipinski definition) is 0. The van der Waals surface area contributed by atoms with Crippen LogP contribution in [0, 0.1) is 11.8 Å². The van der Waals surface area contributed by atoms with Gasteiger partial charge >= 0.3 is 5.97 Å². The lowest BCUT2D eigenvalue weighted by Crippen LogP contribution is -2.15. The first-order valence-electron chi connectivity index (χ1n) is 11.3. The van der Waals surface area contributed by atoms with Gasteiger partial charge in [0.05, 0.1) is 6.61 Å².